The van der Waals surface area contributed by atoms with E-state index in [0.29, 0.717) is 17.2 Å². The lowest BCUT2D eigenvalue weighted by Crippen LogP contribution is -2.41. The maximum Gasteiger partial charge on any atom is 0.257 e. The molecule has 3 aromatic carbocycles. The Hall–Kier alpha value is -2.98. The van der Waals surface area contributed by atoms with E-state index in [-0.39, 0.29) is 11.8 Å². The standard InChI is InChI=1S/C23H22N2OS/c1-17-12-14-20(15-13-17)22(26)25-23(27)24-16-21(18-8-4-2-5-9-18)19-10-6-3-7-11-19/h2-15,21H,16H2,1H3,(H2,24,25,26,27). The second kappa shape index (κ2) is 9.10. The first-order valence-electron chi connectivity index (χ1n) is 8.89. The third-order valence-corrected chi connectivity index (χ3v) is 4.66. The lowest BCUT2D eigenvalue weighted by molar-refractivity contribution is 0.0976. The molecule has 0 aliphatic heterocycles. The molecule has 0 spiro atoms. The molecule has 136 valence electrons. The van der Waals surface area contributed by atoms with Crippen LogP contribution < -0.4 is 10.6 Å². The molecule has 0 fully saturated rings. The highest BCUT2D eigenvalue weighted by atomic mass is 32.1. The van der Waals surface area contributed by atoms with Crippen LogP contribution in [0.25, 0.3) is 0 Å². The Bertz CT molecular complexity index is 853. The number of hydrogen-bond acceptors (Lipinski definition) is 2. The van der Waals surface area contributed by atoms with E-state index in [9.17, 15) is 4.79 Å². The average molecular weight is 375 g/mol. The zero-order valence-electron chi connectivity index (χ0n) is 15.2. The monoisotopic (exact) mass is 374 g/mol. The molecule has 27 heavy (non-hydrogen) atoms. The quantitative estimate of drug-likeness (QED) is 0.649. The maximum absolute atomic E-state index is 12.3. The molecule has 2 N–H and O–H groups in total. The molecular formula is C23H22N2OS. The summed E-state index contributed by atoms with van der Waals surface area (Å²) in [5.41, 5.74) is 4.10. The van der Waals surface area contributed by atoms with Crippen molar-refractivity contribution in [1.29, 1.82) is 0 Å². The Morgan fingerprint density at radius 3 is 1.89 bits per heavy atom. The van der Waals surface area contributed by atoms with Gasteiger partial charge in [-0.05, 0) is 42.4 Å². The van der Waals surface area contributed by atoms with E-state index in [1.165, 1.54) is 11.1 Å². The van der Waals surface area contributed by atoms with Gasteiger partial charge < -0.3 is 5.32 Å². The van der Waals surface area contributed by atoms with Gasteiger partial charge in [-0.15, -0.1) is 0 Å². The number of benzene rings is 3. The van der Waals surface area contributed by atoms with Crippen molar-refractivity contribution in [2.24, 2.45) is 0 Å². The van der Waals surface area contributed by atoms with Crippen molar-refractivity contribution in [2.45, 2.75) is 12.8 Å². The Balaban J connectivity index is 1.65. The molecule has 0 heterocycles. The number of rotatable bonds is 5. The second-order valence-corrected chi connectivity index (χ2v) is 6.81. The zero-order chi connectivity index (χ0) is 19.1. The normalized spacial score (nSPS) is 10.4. The number of aryl methyl sites for hydroxylation is 1. The third-order valence-electron chi connectivity index (χ3n) is 4.41. The Labute approximate surface area is 165 Å². The van der Waals surface area contributed by atoms with E-state index >= 15 is 0 Å². The van der Waals surface area contributed by atoms with Gasteiger partial charge in [0.1, 0.15) is 0 Å². The van der Waals surface area contributed by atoms with E-state index in [0.717, 1.165) is 5.56 Å². The van der Waals surface area contributed by atoms with Gasteiger partial charge in [0.2, 0.25) is 0 Å². The van der Waals surface area contributed by atoms with Gasteiger partial charge in [-0.3, -0.25) is 10.1 Å². The molecule has 0 bridgehead atoms. The molecule has 3 rings (SSSR count). The largest absolute Gasteiger partial charge is 0.361 e. The van der Waals surface area contributed by atoms with Crippen molar-refractivity contribution < 1.29 is 4.79 Å². The molecule has 0 unspecified atom stereocenters. The van der Waals surface area contributed by atoms with Gasteiger partial charge in [0.05, 0.1) is 0 Å². The highest BCUT2D eigenvalue weighted by Crippen LogP contribution is 2.23. The van der Waals surface area contributed by atoms with E-state index < -0.39 is 0 Å². The summed E-state index contributed by atoms with van der Waals surface area (Å²) >= 11 is 5.33. The van der Waals surface area contributed by atoms with Gasteiger partial charge in [-0.1, -0.05) is 78.4 Å². The lowest BCUT2D eigenvalue weighted by Gasteiger charge is -2.20. The predicted molar refractivity (Wildman–Crippen MR) is 114 cm³/mol. The van der Waals surface area contributed by atoms with Crippen molar-refractivity contribution in [3.8, 4) is 0 Å². The lowest BCUT2D eigenvalue weighted by atomic mass is 9.91. The first-order valence-corrected chi connectivity index (χ1v) is 9.30. The molecular weight excluding hydrogens is 352 g/mol. The fourth-order valence-electron chi connectivity index (χ4n) is 2.92. The van der Waals surface area contributed by atoms with Crippen LogP contribution in [0, 0.1) is 6.92 Å². The maximum atomic E-state index is 12.3. The molecule has 4 heteroatoms. The first-order chi connectivity index (χ1) is 13.1. The topological polar surface area (TPSA) is 41.1 Å². The molecule has 0 aliphatic carbocycles. The number of amides is 1. The van der Waals surface area contributed by atoms with Crippen molar-refractivity contribution in [3.63, 3.8) is 0 Å². The number of thiocarbonyl (C=S) groups is 1. The van der Waals surface area contributed by atoms with Gasteiger partial charge in [0, 0.05) is 18.0 Å². The third kappa shape index (κ3) is 5.25. The molecule has 0 atom stereocenters. The van der Waals surface area contributed by atoms with Gasteiger partial charge in [0.25, 0.3) is 5.91 Å². The van der Waals surface area contributed by atoms with Crippen molar-refractivity contribution in [1.82, 2.24) is 10.6 Å². The summed E-state index contributed by atoms with van der Waals surface area (Å²) in [4.78, 5) is 12.3. The van der Waals surface area contributed by atoms with Crippen LogP contribution in [0.4, 0.5) is 0 Å². The van der Waals surface area contributed by atoms with Crippen LogP contribution in [0.3, 0.4) is 0 Å². The van der Waals surface area contributed by atoms with Crippen LogP contribution in [-0.4, -0.2) is 17.6 Å². The van der Waals surface area contributed by atoms with E-state index in [1.54, 1.807) is 12.1 Å². The Morgan fingerprint density at radius 2 is 1.37 bits per heavy atom. The SMILES string of the molecule is Cc1ccc(C(=O)NC(=S)NCC(c2ccccc2)c2ccccc2)cc1. The van der Waals surface area contributed by atoms with E-state index in [1.807, 2.05) is 55.5 Å². The molecule has 0 radical (unpaired) electrons. The fourth-order valence-corrected chi connectivity index (χ4v) is 3.09. The summed E-state index contributed by atoms with van der Waals surface area (Å²) < 4.78 is 0. The minimum absolute atomic E-state index is 0.140. The number of hydrogen-bond donors (Lipinski definition) is 2. The summed E-state index contributed by atoms with van der Waals surface area (Å²) in [7, 11) is 0. The van der Waals surface area contributed by atoms with Crippen LogP contribution in [-0.2, 0) is 0 Å². The van der Waals surface area contributed by atoms with Crippen molar-refractivity contribution >= 4 is 23.2 Å². The van der Waals surface area contributed by atoms with Gasteiger partial charge in [-0.25, -0.2) is 0 Å². The minimum Gasteiger partial charge on any atom is -0.361 e. The smallest absolute Gasteiger partial charge is 0.257 e. The summed E-state index contributed by atoms with van der Waals surface area (Å²) in [6.07, 6.45) is 0. The summed E-state index contributed by atoms with van der Waals surface area (Å²) in [5.74, 6) is -0.0647. The highest BCUT2D eigenvalue weighted by Gasteiger charge is 2.15. The van der Waals surface area contributed by atoms with E-state index in [2.05, 4.69) is 34.9 Å². The molecule has 3 aromatic rings. The highest BCUT2D eigenvalue weighted by molar-refractivity contribution is 7.80. The predicted octanol–water partition coefficient (Wildman–Crippen LogP) is 4.43. The van der Waals surface area contributed by atoms with Gasteiger partial charge in [-0.2, -0.15) is 0 Å². The van der Waals surface area contributed by atoms with Gasteiger partial charge in [0.15, 0.2) is 5.11 Å². The number of carbonyl (C=O) groups is 1. The molecule has 0 saturated carbocycles. The van der Waals surface area contributed by atoms with Gasteiger partial charge >= 0.3 is 0 Å². The Morgan fingerprint density at radius 1 is 0.852 bits per heavy atom. The summed E-state index contributed by atoms with van der Waals surface area (Å²) in [5, 5.41) is 6.28. The molecule has 0 aliphatic rings. The number of carbonyl (C=O) groups excluding carboxylic acids is 1. The van der Waals surface area contributed by atoms with Crippen LogP contribution in [0.5, 0.6) is 0 Å². The van der Waals surface area contributed by atoms with Crippen LogP contribution in [0.15, 0.2) is 84.9 Å². The molecule has 1 amide bonds. The zero-order valence-corrected chi connectivity index (χ0v) is 16.0. The molecule has 0 aromatic heterocycles. The van der Waals surface area contributed by atoms with Crippen LogP contribution in [0.1, 0.15) is 33.0 Å². The average Bonchev–Trinajstić information content (AvgIpc) is 2.70. The minimum atomic E-state index is -0.205. The van der Waals surface area contributed by atoms with Crippen LogP contribution in [0.2, 0.25) is 0 Å². The molecule has 0 saturated heterocycles. The Kier molecular flexibility index (Phi) is 6.34. The first kappa shape index (κ1) is 18.8. The van der Waals surface area contributed by atoms with Crippen molar-refractivity contribution in [3.05, 3.63) is 107 Å². The van der Waals surface area contributed by atoms with E-state index in [4.69, 9.17) is 12.2 Å². The second-order valence-electron chi connectivity index (χ2n) is 6.40. The number of nitrogens with one attached hydrogen (secondary N) is 2. The van der Waals surface area contributed by atoms with Crippen molar-refractivity contribution in [2.75, 3.05) is 6.54 Å². The fraction of sp³-hybridized carbons (Fsp3) is 0.130. The summed E-state index contributed by atoms with van der Waals surface area (Å²) in [6.45, 7) is 2.59. The van der Waals surface area contributed by atoms with Crippen LogP contribution >= 0.6 is 12.2 Å². The summed E-state index contributed by atoms with van der Waals surface area (Å²) in [6, 6.07) is 28.0. The molecule has 3 nitrogen and oxygen atoms in total.